The molecule has 6 heteroatoms. The maximum absolute atomic E-state index is 10.4. The molecule has 2 aliphatic rings. The van der Waals surface area contributed by atoms with Gasteiger partial charge in [0.1, 0.15) is 24.2 Å². The average Bonchev–Trinajstić information content (AvgIpc) is 3.23. The van der Waals surface area contributed by atoms with Crippen LogP contribution in [-0.4, -0.2) is 72.4 Å². The van der Waals surface area contributed by atoms with Crippen LogP contribution in [0.15, 0.2) is 42.6 Å². The number of benzene rings is 1. The Morgan fingerprint density at radius 2 is 1.97 bits per heavy atom. The number of aliphatic hydroxyl groups excluding tert-OH is 1. The SMILES string of the molecule is COc1ccc(CN2CC(c3ccccn3)C2)c(OC[C@@H](O)CN2CCCC2)c1. The molecule has 0 amide bonds. The van der Waals surface area contributed by atoms with E-state index in [1.807, 2.05) is 30.5 Å². The van der Waals surface area contributed by atoms with Crippen molar-refractivity contribution in [3.8, 4) is 11.5 Å². The summed E-state index contributed by atoms with van der Waals surface area (Å²) < 4.78 is 11.4. The number of hydrogen-bond donors (Lipinski definition) is 1. The maximum Gasteiger partial charge on any atom is 0.127 e. The monoisotopic (exact) mass is 397 g/mol. The minimum absolute atomic E-state index is 0.299. The van der Waals surface area contributed by atoms with Gasteiger partial charge in [-0.15, -0.1) is 0 Å². The molecule has 1 N–H and O–H groups in total. The van der Waals surface area contributed by atoms with Crippen molar-refractivity contribution in [3.63, 3.8) is 0 Å². The van der Waals surface area contributed by atoms with Crippen LogP contribution in [0.2, 0.25) is 0 Å². The zero-order valence-corrected chi connectivity index (χ0v) is 17.2. The standard InChI is InChI=1S/C23H31N3O3/c1-28-21-8-7-18(13-26-14-19(15-26)22-6-2-3-9-24-22)23(12-21)29-17-20(27)16-25-10-4-5-11-25/h2-3,6-9,12,19-20,27H,4-5,10-11,13-17H2,1H3/t20-/m0/s1. The molecule has 2 fully saturated rings. The van der Waals surface area contributed by atoms with E-state index in [2.05, 4.69) is 26.9 Å². The van der Waals surface area contributed by atoms with Crippen LogP contribution in [0.4, 0.5) is 0 Å². The number of β-amino-alcohol motifs (C(OH)–C–C–N with tert-alkyl or cyclic N) is 1. The molecule has 1 aromatic carbocycles. The van der Waals surface area contributed by atoms with E-state index in [9.17, 15) is 5.11 Å². The number of methoxy groups -OCH3 is 1. The normalized spacial score (nSPS) is 19.1. The van der Waals surface area contributed by atoms with Crippen molar-refractivity contribution >= 4 is 0 Å². The zero-order chi connectivity index (χ0) is 20.1. The maximum atomic E-state index is 10.4. The van der Waals surface area contributed by atoms with Crippen LogP contribution in [-0.2, 0) is 6.54 Å². The highest BCUT2D eigenvalue weighted by Gasteiger charge is 2.29. The third kappa shape index (κ3) is 5.26. The number of nitrogens with zero attached hydrogens (tertiary/aromatic N) is 3. The molecular weight excluding hydrogens is 366 g/mol. The van der Waals surface area contributed by atoms with Gasteiger partial charge in [-0.25, -0.2) is 0 Å². The number of pyridine rings is 1. The van der Waals surface area contributed by atoms with Gasteiger partial charge in [-0.3, -0.25) is 9.88 Å². The first-order chi connectivity index (χ1) is 14.2. The van der Waals surface area contributed by atoms with E-state index in [1.165, 1.54) is 18.5 Å². The van der Waals surface area contributed by atoms with E-state index in [1.54, 1.807) is 7.11 Å². The molecule has 156 valence electrons. The van der Waals surface area contributed by atoms with Gasteiger partial charge in [0.2, 0.25) is 0 Å². The van der Waals surface area contributed by atoms with Crippen LogP contribution in [0.3, 0.4) is 0 Å². The number of likely N-dealkylation sites (tertiary alicyclic amines) is 2. The Balaban J connectivity index is 1.33. The zero-order valence-electron chi connectivity index (χ0n) is 17.2. The van der Waals surface area contributed by atoms with Gasteiger partial charge in [0, 0.05) is 55.6 Å². The summed E-state index contributed by atoms with van der Waals surface area (Å²) in [5.74, 6) is 2.07. The summed E-state index contributed by atoms with van der Waals surface area (Å²) in [4.78, 5) is 9.18. The fraction of sp³-hybridized carbons (Fsp3) is 0.522. The fourth-order valence-electron chi connectivity index (χ4n) is 4.17. The fourth-order valence-corrected chi connectivity index (χ4v) is 4.17. The second-order valence-corrected chi connectivity index (χ2v) is 8.09. The topological polar surface area (TPSA) is 58.1 Å². The number of ether oxygens (including phenoxy) is 2. The summed E-state index contributed by atoms with van der Waals surface area (Å²) in [6, 6.07) is 12.1. The molecule has 6 nitrogen and oxygen atoms in total. The number of aromatic nitrogens is 1. The first-order valence-electron chi connectivity index (χ1n) is 10.5. The highest BCUT2D eigenvalue weighted by molar-refractivity contribution is 5.41. The van der Waals surface area contributed by atoms with E-state index in [0.717, 1.165) is 49.8 Å². The summed E-state index contributed by atoms with van der Waals surface area (Å²) in [6.45, 7) is 5.96. The molecule has 4 rings (SSSR count). The summed E-state index contributed by atoms with van der Waals surface area (Å²) in [7, 11) is 1.66. The van der Waals surface area contributed by atoms with E-state index in [0.29, 0.717) is 19.1 Å². The second-order valence-electron chi connectivity index (χ2n) is 8.09. The van der Waals surface area contributed by atoms with Gasteiger partial charge in [0.25, 0.3) is 0 Å². The van der Waals surface area contributed by atoms with Gasteiger partial charge >= 0.3 is 0 Å². The average molecular weight is 398 g/mol. The Labute approximate surface area is 173 Å². The Hall–Kier alpha value is -2.15. The van der Waals surface area contributed by atoms with Gasteiger partial charge < -0.3 is 19.5 Å². The lowest BCUT2D eigenvalue weighted by Crippen LogP contribution is -2.44. The van der Waals surface area contributed by atoms with Crippen molar-refractivity contribution in [1.82, 2.24) is 14.8 Å². The summed E-state index contributed by atoms with van der Waals surface area (Å²) in [6.07, 6.45) is 3.83. The molecule has 1 atom stereocenters. The van der Waals surface area contributed by atoms with Gasteiger partial charge in [-0.05, 0) is 44.1 Å². The molecule has 0 bridgehead atoms. The van der Waals surface area contributed by atoms with Crippen LogP contribution in [0.25, 0.3) is 0 Å². The molecule has 3 heterocycles. The van der Waals surface area contributed by atoms with Gasteiger partial charge in [-0.1, -0.05) is 12.1 Å². The summed E-state index contributed by atoms with van der Waals surface area (Å²) in [5, 5.41) is 10.4. The third-order valence-corrected chi connectivity index (χ3v) is 5.83. The molecule has 2 aromatic rings. The van der Waals surface area contributed by atoms with Crippen molar-refractivity contribution in [2.24, 2.45) is 0 Å². The van der Waals surface area contributed by atoms with Crippen molar-refractivity contribution in [2.45, 2.75) is 31.4 Å². The lowest BCUT2D eigenvalue weighted by molar-refractivity contribution is 0.0741. The molecule has 0 saturated carbocycles. The Bertz CT molecular complexity index is 774. The molecule has 0 unspecified atom stereocenters. The minimum atomic E-state index is -0.482. The molecular formula is C23H31N3O3. The Morgan fingerprint density at radius 1 is 1.14 bits per heavy atom. The molecule has 0 aliphatic carbocycles. The van der Waals surface area contributed by atoms with Gasteiger partial charge in [0.05, 0.1) is 7.11 Å². The molecule has 0 radical (unpaired) electrons. The van der Waals surface area contributed by atoms with Crippen LogP contribution in [0.5, 0.6) is 11.5 Å². The van der Waals surface area contributed by atoms with E-state index in [4.69, 9.17) is 9.47 Å². The number of hydrogen-bond acceptors (Lipinski definition) is 6. The summed E-state index contributed by atoms with van der Waals surface area (Å²) >= 11 is 0. The van der Waals surface area contributed by atoms with Gasteiger partial charge in [-0.2, -0.15) is 0 Å². The largest absolute Gasteiger partial charge is 0.497 e. The quantitative estimate of drug-likeness (QED) is 0.702. The van der Waals surface area contributed by atoms with Crippen molar-refractivity contribution in [1.29, 1.82) is 0 Å². The highest BCUT2D eigenvalue weighted by Crippen LogP contribution is 2.31. The second kappa shape index (κ2) is 9.57. The van der Waals surface area contributed by atoms with E-state index in [-0.39, 0.29) is 0 Å². The van der Waals surface area contributed by atoms with E-state index < -0.39 is 6.10 Å². The minimum Gasteiger partial charge on any atom is -0.497 e. The predicted octanol–water partition coefficient (Wildman–Crippen LogP) is 2.53. The Morgan fingerprint density at radius 3 is 2.69 bits per heavy atom. The smallest absolute Gasteiger partial charge is 0.127 e. The van der Waals surface area contributed by atoms with Crippen LogP contribution in [0.1, 0.15) is 30.0 Å². The first-order valence-corrected chi connectivity index (χ1v) is 10.5. The van der Waals surface area contributed by atoms with E-state index >= 15 is 0 Å². The molecule has 29 heavy (non-hydrogen) atoms. The lowest BCUT2D eigenvalue weighted by atomic mass is 9.95. The van der Waals surface area contributed by atoms with Crippen molar-refractivity contribution < 1.29 is 14.6 Å². The van der Waals surface area contributed by atoms with Crippen LogP contribution < -0.4 is 9.47 Å². The predicted molar refractivity (Wildman–Crippen MR) is 112 cm³/mol. The molecule has 2 saturated heterocycles. The van der Waals surface area contributed by atoms with Crippen molar-refractivity contribution in [2.75, 3.05) is 46.4 Å². The molecule has 1 aromatic heterocycles. The first kappa shape index (κ1) is 20.1. The van der Waals surface area contributed by atoms with Crippen LogP contribution in [0, 0.1) is 0 Å². The lowest BCUT2D eigenvalue weighted by Gasteiger charge is -2.39. The van der Waals surface area contributed by atoms with Crippen molar-refractivity contribution in [3.05, 3.63) is 53.9 Å². The Kier molecular flexibility index (Phi) is 6.64. The number of rotatable bonds is 9. The van der Waals surface area contributed by atoms with Crippen LogP contribution >= 0.6 is 0 Å². The summed E-state index contributed by atoms with van der Waals surface area (Å²) in [5.41, 5.74) is 2.29. The van der Waals surface area contributed by atoms with Gasteiger partial charge in [0.15, 0.2) is 0 Å². The molecule has 2 aliphatic heterocycles. The third-order valence-electron chi connectivity index (χ3n) is 5.83. The highest BCUT2D eigenvalue weighted by atomic mass is 16.5. The molecule has 0 spiro atoms. The number of aliphatic hydroxyl groups is 1.